The average Bonchev–Trinajstić information content (AvgIpc) is 2.93. The second kappa shape index (κ2) is 6.62. The molecule has 2 rings (SSSR count). The highest BCUT2D eigenvalue weighted by Gasteiger charge is 2.28. The minimum absolute atomic E-state index is 0.0541. The van der Waals surface area contributed by atoms with Gasteiger partial charge in [0.2, 0.25) is 10.0 Å². The molecule has 0 saturated carbocycles. The van der Waals surface area contributed by atoms with Gasteiger partial charge >= 0.3 is 0 Å². The Hall–Kier alpha value is -0.660. The number of hydrogen-bond donors (Lipinski definition) is 1. The van der Waals surface area contributed by atoms with E-state index in [2.05, 4.69) is 0 Å². The first-order valence-corrected chi connectivity index (χ1v) is 8.66. The molecule has 1 saturated heterocycles. The lowest BCUT2D eigenvalue weighted by Crippen LogP contribution is -2.34. The molecule has 0 amide bonds. The van der Waals surface area contributed by atoms with E-state index in [1.54, 1.807) is 13.0 Å². The number of sulfonamides is 1. The Kier molecular flexibility index (Phi) is 5.27. The second-order valence-electron chi connectivity index (χ2n) is 5.27. The molecule has 1 aliphatic heterocycles. The van der Waals surface area contributed by atoms with Crippen LogP contribution in [0.5, 0.6) is 0 Å². The molecule has 0 aliphatic carbocycles. The number of hydrogen-bond acceptors (Lipinski definition) is 4. The minimum Gasteiger partial charge on any atom is -0.392 e. The fraction of sp³-hybridized carbons (Fsp3) is 0.571. The van der Waals surface area contributed by atoms with Crippen molar-refractivity contribution in [1.29, 1.82) is 0 Å². The van der Waals surface area contributed by atoms with Gasteiger partial charge in [-0.15, -0.1) is 0 Å². The Balaban J connectivity index is 2.32. The number of nitrogens with zero attached hydrogens (tertiary/aromatic N) is 1. The van der Waals surface area contributed by atoms with Crippen LogP contribution in [0.25, 0.3) is 0 Å². The number of rotatable bonds is 5. The Morgan fingerprint density at radius 3 is 2.76 bits per heavy atom. The minimum atomic E-state index is -3.65. The van der Waals surface area contributed by atoms with Gasteiger partial charge in [-0.25, -0.2) is 8.42 Å². The molecule has 0 radical (unpaired) electrons. The van der Waals surface area contributed by atoms with Crippen molar-refractivity contribution in [1.82, 2.24) is 4.31 Å². The van der Waals surface area contributed by atoms with Gasteiger partial charge in [-0.1, -0.05) is 11.6 Å². The topological polar surface area (TPSA) is 66.8 Å². The summed E-state index contributed by atoms with van der Waals surface area (Å²) in [6, 6.07) is 3.01. The molecule has 118 valence electrons. The van der Waals surface area contributed by atoms with E-state index in [1.807, 2.05) is 0 Å². The molecule has 1 aliphatic rings. The summed E-state index contributed by atoms with van der Waals surface area (Å²) in [6.45, 7) is 2.44. The molecular formula is C14H20ClNO4S. The number of likely N-dealkylation sites (N-methyl/N-ethyl adjacent to an activating group) is 1. The molecule has 0 aromatic heterocycles. The molecule has 0 spiro atoms. The van der Waals surface area contributed by atoms with Gasteiger partial charge in [0, 0.05) is 25.2 Å². The molecule has 1 aromatic carbocycles. The largest absolute Gasteiger partial charge is 0.392 e. The van der Waals surface area contributed by atoms with E-state index >= 15 is 0 Å². The standard InChI is InChI=1S/C14H20ClNO4S/c1-10-11(9-17)6-12(15)7-14(10)21(18,19)16(2)8-13-4-3-5-20-13/h6-7,13,17H,3-5,8-9H2,1-2H3. The predicted molar refractivity (Wildman–Crippen MR) is 80.9 cm³/mol. The lowest BCUT2D eigenvalue weighted by molar-refractivity contribution is 0.0979. The van der Waals surface area contributed by atoms with Crippen molar-refractivity contribution >= 4 is 21.6 Å². The first-order valence-electron chi connectivity index (χ1n) is 6.84. The van der Waals surface area contributed by atoms with E-state index in [9.17, 15) is 13.5 Å². The van der Waals surface area contributed by atoms with Gasteiger partial charge in [-0.05, 0) is 43.0 Å². The van der Waals surface area contributed by atoms with Crippen LogP contribution in [0.15, 0.2) is 17.0 Å². The highest BCUT2D eigenvalue weighted by atomic mass is 35.5. The van der Waals surface area contributed by atoms with Gasteiger partial charge in [-0.3, -0.25) is 0 Å². The maximum atomic E-state index is 12.7. The fourth-order valence-electron chi connectivity index (χ4n) is 2.48. The highest BCUT2D eigenvalue weighted by molar-refractivity contribution is 7.89. The average molecular weight is 334 g/mol. The first-order chi connectivity index (χ1) is 9.86. The quantitative estimate of drug-likeness (QED) is 0.894. The summed E-state index contributed by atoms with van der Waals surface area (Å²) >= 11 is 5.96. The van der Waals surface area contributed by atoms with Crippen LogP contribution in [0.4, 0.5) is 0 Å². The van der Waals surface area contributed by atoms with E-state index in [1.165, 1.54) is 17.4 Å². The fourth-order valence-corrected chi connectivity index (χ4v) is 4.28. The van der Waals surface area contributed by atoms with Crippen LogP contribution in [-0.4, -0.2) is 44.1 Å². The SMILES string of the molecule is Cc1c(CO)cc(Cl)cc1S(=O)(=O)N(C)CC1CCCO1. The number of aliphatic hydroxyl groups excluding tert-OH is 1. The third-order valence-electron chi connectivity index (χ3n) is 3.78. The Morgan fingerprint density at radius 2 is 2.19 bits per heavy atom. The molecule has 1 heterocycles. The summed E-state index contributed by atoms with van der Waals surface area (Å²) in [6.07, 6.45) is 1.78. The van der Waals surface area contributed by atoms with Crippen molar-refractivity contribution in [2.75, 3.05) is 20.2 Å². The Bertz CT molecular complexity index is 612. The molecule has 1 atom stereocenters. The molecule has 1 aromatic rings. The van der Waals surface area contributed by atoms with Gasteiger partial charge in [0.15, 0.2) is 0 Å². The Labute approximate surface area is 130 Å². The maximum absolute atomic E-state index is 12.7. The monoisotopic (exact) mass is 333 g/mol. The van der Waals surface area contributed by atoms with Gasteiger partial charge in [0.05, 0.1) is 17.6 Å². The zero-order valence-corrected chi connectivity index (χ0v) is 13.7. The second-order valence-corrected chi connectivity index (χ2v) is 7.72. The zero-order chi connectivity index (χ0) is 15.6. The summed E-state index contributed by atoms with van der Waals surface area (Å²) in [5.41, 5.74) is 1.05. The molecule has 5 nitrogen and oxygen atoms in total. The van der Waals surface area contributed by atoms with Crippen molar-refractivity contribution < 1.29 is 18.3 Å². The van der Waals surface area contributed by atoms with Crippen LogP contribution < -0.4 is 0 Å². The summed E-state index contributed by atoms with van der Waals surface area (Å²) in [7, 11) is -2.12. The highest BCUT2D eigenvalue weighted by Crippen LogP contribution is 2.27. The van der Waals surface area contributed by atoms with Crippen LogP contribution in [-0.2, 0) is 21.4 Å². The number of benzene rings is 1. The summed E-state index contributed by atoms with van der Waals surface area (Å²) in [5, 5.41) is 9.61. The first kappa shape index (κ1) is 16.7. The summed E-state index contributed by atoms with van der Waals surface area (Å²) in [5.74, 6) is 0. The van der Waals surface area contributed by atoms with Crippen molar-refractivity contribution in [3.63, 3.8) is 0 Å². The van der Waals surface area contributed by atoms with Crippen LogP contribution in [0.2, 0.25) is 5.02 Å². The van der Waals surface area contributed by atoms with Crippen LogP contribution >= 0.6 is 11.6 Å². The predicted octanol–water partition coefficient (Wildman–Crippen LogP) is 1.94. The van der Waals surface area contributed by atoms with Crippen LogP contribution in [0.1, 0.15) is 24.0 Å². The van der Waals surface area contributed by atoms with E-state index in [4.69, 9.17) is 16.3 Å². The number of aliphatic hydroxyl groups is 1. The molecule has 0 bridgehead atoms. The van der Waals surface area contributed by atoms with Gasteiger partial charge < -0.3 is 9.84 Å². The number of halogens is 1. The van der Waals surface area contributed by atoms with E-state index < -0.39 is 10.0 Å². The molecule has 1 unspecified atom stereocenters. The zero-order valence-electron chi connectivity index (χ0n) is 12.2. The lowest BCUT2D eigenvalue weighted by atomic mass is 10.1. The smallest absolute Gasteiger partial charge is 0.243 e. The summed E-state index contributed by atoms with van der Waals surface area (Å²) < 4.78 is 32.2. The Morgan fingerprint density at radius 1 is 1.48 bits per heavy atom. The third-order valence-corrected chi connectivity index (χ3v) is 5.94. The molecule has 7 heteroatoms. The van der Waals surface area contributed by atoms with Crippen molar-refractivity contribution in [2.45, 2.75) is 37.4 Å². The van der Waals surface area contributed by atoms with E-state index in [-0.39, 0.29) is 17.6 Å². The van der Waals surface area contributed by atoms with E-state index in [0.29, 0.717) is 29.3 Å². The van der Waals surface area contributed by atoms with Gasteiger partial charge in [-0.2, -0.15) is 4.31 Å². The third kappa shape index (κ3) is 3.57. The molecule has 1 N–H and O–H groups in total. The maximum Gasteiger partial charge on any atom is 0.243 e. The molecule has 1 fully saturated rings. The lowest BCUT2D eigenvalue weighted by Gasteiger charge is -2.22. The van der Waals surface area contributed by atoms with Gasteiger partial charge in [0.25, 0.3) is 0 Å². The molecule has 21 heavy (non-hydrogen) atoms. The molecular weight excluding hydrogens is 314 g/mol. The number of ether oxygens (including phenoxy) is 1. The van der Waals surface area contributed by atoms with Crippen molar-refractivity contribution in [3.8, 4) is 0 Å². The van der Waals surface area contributed by atoms with Crippen LogP contribution in [0.3, 0.4) is 0 Å². The van der Waals surface area contributed by atoms with Crippen molar-refractivity contribution in [2.24, 2.45) is 0 Å². The van der Waals surface area contributed by atoms with Gasteiger partial charge in [0.1, 0.15) is 0 Å². The van der Waals surface area contributed by atoms with Crippen LogP contribution in [0, 0.1) is 6.92 Å². The normalized spacial score (nSPS) is 19.4. The van der Waals surface area contributed by atoms with E-state index in [0.717, 1.165) is 12.8 Å². The van der Waals surface area contributed by atoms with Crippen molar-refractivity contribution in [3.05, 3.63) is 28.3 Å². The summed E-state index contributed by atoms with van der Waals surface area (Å²) in [4.78, 5) is 0.138.